The first-order valence-corrected chi connectivity index (χ1v) is 7.20. The highest BCUT2D eigenvalue weighted by Gasteiger charge is 2.19. The van der Waals surface area contributed by atoms with Crippen molar-refractivity contribution in [1.29, 1.82) is 0 Å². The molecule has 5 heteroatoms. The van der Waals surface area contributed by atoms with Crippen LogP contribution in [-0.2, 0) is 0 Å². The fourth-order valence-electron chi connectivity index (χ4n) is 2.00. The van der Waals surface area contributed by atoms with Gasteiger partial charge in [-0.25, -0.2) is 0 Å². The summed E-state index contributed by atoms with van der Waals surface area (Å²) >= 11 is 11.9. The molecule has 1 aromatic carbocycles. The van der Waals surface area contributed by atoms with Crippen LogP contribution in [0.5, 0.6) is 0 Å². The molecule has 0 spiro atoms. The smallest absolute Gasteiger partial charge is 0.0915 e. The molecular formula is C14H22Cl2N2O. The Morgan fingerprint density at radius 3 is 2.32 bits per heavy atom. The number of nitrogen functional groups attached to an aromatic ring is 1. The minimum atomic E-state index is -0.660. The highest BCUT2D eigenvalue weighted by Crippen LogP contribution is 2.31. The maximum atomic E-state index is 10.2. The second-order valence-electron chi connectivity index (χ2n) is 5.43. The van der Waals surface area contributed by atoms with Crippen LogP contribution in [0.3, 0.4) is 0 Å². The lowest BCUT2D eigenvalue weighted by atomic mass is 9.98. The number of nitrogens with one attached hydrogen (secondary N) is 1. The Morgan fingerprint density at radius 2 is 1.84 bits per heavy atom. The van der Waals surface area contributed by atoms with Gasteiger partial charge in [0, 0.05) is 12.1 Å². The number of hydrogen-bond donors (Lipinski definition) is 3. The van der Waals surface area contributed by atoms with Crippen molar-refractivity contribution in [2.24, 2.45) is 0 Å². The minimum absolute atomic E-state index is 0.00285. The van der Waals surface area contributed by atoms with Gasteiger partial charge in [0.05, 0.1) is 21.8 Å². The van der Waals surface area contributed by atoms with E-state index in [4.69, 9.17) is 28.9 Å². The van der Waals surface area contributed by atoms with E-state index in [2.05, 4.69) is 26.1 Å². The van der Waals surface area contributed by atoms with E-state index in [1.54, 1.807) is 12.1 Å². The average Bonchev–Trinajstić information content (AvgIpc) is 2.32. The number of anilines is 1. The van der Waals surface area contributed by atoms with Gasteiger partial charge in [-0.1, -0.05) is 36.5 Å². The maximum Gasteiger partial charge on any atom is 0.0915 e. The molecule has 0 radical (unpaired) electrons. The molecule has 4 N–H and O–H groups in total. The maximum absolute atomic E-state index is 10.2. The zero-order chi connectivity index (χ0) is 14.6. The molecule has 19 heavy (non-hydrogen) atoms. The molecule has 0 aliphatic carbocycles. The van der Waals surface area contributed by atoms with Crippen molar-refractivity contribution in [3.63, 3.8) is 0 Å². The van der Waals surface area contributed by atoms with Gasteiger partial charge in [0.1, 0.15) is 0 Å². The molecule has 0 saturated heterocycles. The van der Waals surface area contributed by atoms with E-state index in [1.165, 1.54) is 0 Å². The summed E-state index contributed by atoms with van der Waals surface area (Å²) in [6, 6.07) is 3.31. The molecule has 1 rings (SSSR count). The Morgan fingerprint density at radius 1 is 1.32 bits per heavy atom. The summed E-state index contributed by atoms with van der Waals surface area (Å²) in [6.45, 7) is 6.82. The Balaban J connectivity index is 2.71. The number of nitrogens with two attached hydrogens (primary N) is 1. The van der Waals surface area contributed by atoms with Gasteiger partial charge in [-0.15, -0.1) is 0 Å². The Kier molecular flexibility index (Phi) is 5.93. The molecule has 1 aromatic rings. The fourth-order valence-corrected chi connectivity index (χ4v) is 2.50. The van der Waals surface area contributed by atoms with Crippen molar-refractivity contribution in [2.75, 3.05) is 12.3 Å². The van der Waals surface area contributed by atoms with Gasteiger partial charge < -0.3 is 16.2 Å². The van der Waals surface area contributed by atoms with Crippen molar-refractivity contribution >= 4 is 28.9 Å². The lowest BCUT2D eigenvalue weighted by Crippen LogP contribution is -2.41. The molecule has 1 unspecified atom stereocenters. The largest absolute Gasteiger partial charge is 0.396 e. The molecule has 0 aliphatic rings. The van der Waals surface area contributed by atoms with Crippen LogP contribution in [-0.4, -0.2) is 17.2 Å². The first-order valence-electron chi connectivity index (χ1n) is 6.44. The van der Waals surface area contributed by atoms with Gasteiger partial charge in [0.2, 0.25) is 0 Å². The van der Waals surface area contributed by atoms with Crippen LogP contribution in [0.15, 0.2) is 12.1 Å². The van der Waals surface area contributed by atoms with Crippen LogP contribution in [0.2, 0.25) is 10.0 Å². The Hall–Kier alpha value is -0.480. The van der Waals surface area contributed by atoms with Crippen LogP contribution in [0.25, 0.3) is 0 Å². The average molecular weight is 305 g/mol. The van der Waals surface area contributed by atoms with E-state index in [9.17, 15) is 5.11 Å². The third-order valence-corrected chi connectivity index (χ3v) is 3.76. The third-order valence-electron chi connectivity index (χ3n) is 3.14. The number of rotatable bonds is 6. The topological polar surface area (TPSA) is 58.3 Å². The number of hydrogen-bond acceptors (Lipinski definition) is 3. The van der Waals surface area contributed by atoms with Gasteiger partial charge >= 0.3 is 0 Å². The minimum Gasteiger partial charge on any atom is -0.396 e. The van der Waals surface area contributed by atoms with E-state index < -0.39 is 6.10 Å². The molecule has 0 bridgehead atoms. The SMILES string of the molecule is CCCC(C)(C)NCC(O)c1cc(Cl)c(N)c(Cl)c1. The van der Waals surface area contributed by atoms with Crippen LogP contribution < -0.4 is 11.1 Å². The number of halogens is 2. The summed E-state index contributed by atoms with van der Waals surface area (Å²) < 4.78 is 0. The first kappa shape index (κ1) is 16.6. The second kappa shape index (κ2) is 6.80. The molecule has 1 atom stereocenters. The van der Waals surface area contributed by atoms with Crippen molar-refractivity contribution < 1.29 is 5.11 Å². The zero-order valence-electron chi connectivity index (χ0n) is 11.6. The molecule has 0 saturated carbocycles. The molecule has 108 valence electrons. The summed E-state index contributed by atoms with van der Waals surface area (Å²) in [6.07, 6.45) is 1.48. The molecular weight excluding hydrogens is 283 g/mol. The summed E-state index contributed by atoms with van der Waals surface area (Å²) in [5.74, 6) is 0. The van der Waals surface area contributed by atoms with Crippen LogP contribution >= 0.6 is 23.2 Å². The van der Waals surface area contributed by atoms with Gasteiger partial charge in [-0.3, -0.25) is 0 Å². The zero-order valence-corrected chi connectivity index (χ0v) is 13.1. The second-order valence-corrected chi connectivity index (χ2v) is 6.24. The van der Waals surface area contributed by atoms with Crippen LogP contribution in [0.1, 0.15) is 45.3 Å². The third kappa shape index (κ3) is 4.84. The molecule has 0 fully saturated rings. The van der Waals surface area contributed by atoms with E-state index in [-0.39, 0.29) is 5.54 Å². The number of benzene rings is 1. The van der Waals surface area contributed by atoms with E-state index in [0.717, 1.165) is 12.8 Å². The lowest BCUT2D eigenvalue weighted by Gasteiger charge is -2.27. The van der Waals surface area contributed by atoms with Gasteiger partial charge in [-0.2, -0.15) is 0 Å². The molecule has 3 nitrogen and oxygen atoms in total. The monoisotopic (exact) mass is 304 g/mol. The predicted molar refractivity (Wildman–Crippen MR) is 82.8 cm³/mol. The number of β-amino-alcohol motifs (C(OH)–C–C–N with tert-alkyl or cyclic N) is 1. The molecule has 0 aliphatic heterocycles. The van der Waals surface area contributed by atoms with Gasteiger partial charge in [0.15, 0.2) is 0 Å². The molecule has 0 amide bonds. The Labute approximate surface area is 125 Å². The summed E-state index contributed by atoms with van der Waals surface area (Å²) in [5, 5.41) is 14.3. The van der Waals surface area contributed by atoms with E-state index >= 15 is 0 Å². The summed E-state index contributed by atoms with van der Waals surface area (Å²) in [4.78, 5) is 0. The van der Waals surface area contributed by atoms with Crippen molar-refractivity contribution in [3.05, 3.63) is 27.7 Å². The lowest BCUT2D eigenvalue weighted by molar-refractivity contribution is 0.159. The highest BCUT2D eigenvalue weighted by atomic mass is 35.5. The van der Waals surface area contributed by atoms with Gasteiger partial charge in [-0.05, 0) is 38.0 Å². The summed E-state index contributed by atoms with van der Waals surface area (Å²) in [7, 11) is 0. The first-order chi connectivity index (χ1) is 8.76. The van der Waals surface area contributed by atoms with E-state index in [0.29, 0.717) is 27.8 Å². The fraction of sp³-hybridized carbons (Fsp3) is 0.571. The number of aliphatic hydroxyl groups excluding tert-OH is 1. The molecule has 0 aromatic heterocycles. The Bertz CT molecular complexity index is 412. The highest BCUT2D eigenvalue weighted by molar-refractivity contribution is 6.38. The van der Waals surface area contributed by atoms with Crippen molar-refractivity contribution in [3.8, 4) is 0 Å². The van der Waals surface area contributed by atoms with Crippen LogP contribution in [0.4, 0.5) is 5.69 Å². The quantitative estimate of drug-likeness (QED) is 0.701. The number of aliphatic hydroxyl groups is 1. The van der Waals surface area contributed by atoms with E-state index in [1.807, 2.05) is 0 Å². The molecule has 0 heterocycles. The van der Waals surface area contributed by atoms with Crippen LogP contribution in [0, 0.1) is 0 Å². The van der Waals surface area contributed by atoms with Gasteiger partial charge in [0.25, 0.3) is 0 Å². The summed E-state index contributed by atoms with van der Waals surface area (Å²) in [5.41, 5.74) is 6.69. The van der Waals surface area contributed by atoms with Crippen molar-refractivity contribution in [1.82, 2.24) is 5.32 Å². The predicted octanol–water partition coefficient (Wildman–Crippen LogP) is 3.78. The normalized spacial score (nSPS) is 13.6. The standard InChI is InChI=1S/C14H22Cl2N2O/c1-4-5-14(2,3)18-8-12(19)9-6-10(15)13(17)11(16)7-9/h6-7,12,18-19H,4-5,8,17H2,1-3H3. The van der Waals surface area contributed by atoms with Crippen molar-refractivity contribution in [2.45, 2.75) is 45.3 Å².